The molecule has 3 aromatic rings. The molecule has 3 rings (SSSR count). The van der Waals surface area contributed by atoms with Gasteiger partial charge in [-0.05, 0) is 30.3 Å². The number of carbonyl (C=O) groups excluding carboxylic acids is 2. The van der Waals surface area contributed by atoms with Crippen molar-refractivity contribution in [2.24, 2.45) is 0 Å². The SMILES string of the molecule is O=C(NCc1ccco1)c1ccccc1NC(=O)c1ccccc1[N+](=O)[O-]. The van der Waals surface area contributed by atoms with Gasteiger partial charge in [0.05, 0.1) is 29.0 Å². The van der Waals surface area contributed by atoms with Gasteiger partial charge in [0, 0.05) is 6.07 Å². The van der Waals surface area contributed by atoms with Crippen LogP contribution in [0.1, 0.15) is 26.5 Å². The number of carbonyl (C=O) groups is 2. The first-order chi connectivity index (χ1) is 13.1. The second-order valence-electron chi connectivity index (χ2n) is 5.54. The van der Waals surface area contributed by atoms with Gasteiger partial charge in [-0.3, -0.25) is 19.7 Å². The topological polar surface area (TPSA) is 114 Å². The number of amides is 2. The first-order valence-corrected chi connectivity index (χ1v) is 8.00. The number of anilines is 1. The Balaban J connectivity index is 1.79. The van der Waals surface area contributed by atoms with E-state index in [2.05, 4.69) is 10.6 Å². The van der Waals surface area contributed by atoms with E-state index in [1.54, 1.807) is 36.4 Å². The summed E-state index contributed by atoms with van der Waals surface area (Å²) in [7, 11) is 0. The highest BCUT2D eigenvalue weighted by atomic mass is 16.6. The molecule has 0 spiro atoms. The van der Waals surface area contributed by atoms with Gasteiger partial charge >= 0.3 is 0 Å². The molecular formula is C19H15N3O5. The summed E-state index contributed by atoms with van der Waals surface area (Å²) in [5, 5.41) is 16.4. The van der Waals surface area contributed by atoms with Crippen LogP contribution in [0.15, 0.2) is 71.3 Å². The number of hydrogen-bond donors (Lipinski definition) is 2. The summed E-state index contributed by atoms with van der Waals surface area (Å²) in [5.74, 6) is -0.497. The van der Waals surface area contributed by atoms with E-state index in [0.29, 0.717) is 5.76 Å². The van der Waals surface area contributed by atoms with Crippen LogP contribution in [0.2, 0.25) is 0 Å². The van der Waals surface area contributed by atoms with E-state index >= 15 is 0 Å². The van der Waals surface area contributed by atoms with Gasteiger partial charge in [0.15, 0.2) is 0 Å². The van der Waals surface area contributed by atoms with Gasteiger partial charge in [0.25, 0.3) is 17.5 Å². The predicted octanol–water partition coefficient (Wildman–Crippen LogP) is 3.37. The van der Waals surface area contributed by atoms with E-state index in [-0.39, 0.29) is 29.0 Å². The van der Waals surface area contributed by atoms with Gasteiger partial charge in [-0.2, -0.15) is 0 Å². The van der Waals surface area contributed by atoms with Gasteiger partial charge in [0.1, 0.15) is 11.3 Å². The molecule has 0 unspecified atom stereocenters. The van der Waals surface area contributed by atoms with Crippen molar-refractivity contribution in [3.63, 3.8) is 0 Å². The Morgan fingerprint density at radius 2 is 1.63 bits per heavy atom. The lowest BCUT2D eigenvalue weighted by atomic mass is 10.1. The molecule has 0 saturated heterocycles. The first-order valence-electron chi connectivity index (χ1n) is 8.00. The number of rotatable bonds is 6. The van der Waals surface area contributed by atoms with Crippen LogP contribution in [0.5, 0.6) is 0 Å². The average molecular weight is 365 g/mol. The van der Waals surface area contributed by atoms with Gasteiger partial charge in [0.2, 0.25) is 0 Å². The Hall–Kier alpha value is -3.94. The number of nitro benzene ring substituents is 1. The van der Waals surface area contributed by atoms with Crippen molar-refractivity contribution in [1.82, 2.24) is 5.32 Å². The number of para-hydroxylation sites is 2. The van der Waals surface area contributed by atoms with Crippen LogP contribution in [-0.2, 0) is 6.54 Å². The van der Waals surface area contributed by atoms with Crippen LogP contribution in [0.25, 0.3) is 0 Å². The Morgan fingerprint density at radius 3 is 2.33 bits per heavy atom. The summed E-state index contributed by atoms with van der Waals surface area (Å²) in [5.41, 5.74) is 0.0802. The van der Waals surface area contributed by atoms with Gasteiger partial charge in [-0.1, -0.05) is 24.3 Å². The van der Waals surface area contributed by atoms with Crippen LogP contribution in [0.3, 0.4) is 0 Å². The number of nitrogens with one attached hydrogen (secondary N) is 2. The van der Waals surface area contributed by atoms with Crippen LogP contribution in [0.4, 0.5) is 11.4 Å². The molecule has 27 heavy (non-hydrogen) atoms. The van der Waals surface area contributed by atoms with Crippen molar-refractivity contribution in [3.05, 3.63) is 93.9 Å². The zero-order valence-electron chi connectivity index (χ0n) is 14.0. The molecular weight excluding hydrogens is 350 g/mol. The minimum absolute atomic E-state index is 0.0895. The highest BCUT2D eigenvalue weighted by Gasteiger charge is 2.21. The molecule has 0 aliphatic rings. The lowest BCUT2D eigenvalue weighted by molar-refractivity contribution is -0.385. The van der Waals surface area contributed by atoms with E-state index < -0.39 is 16.7 Å². The van der Waals surface area contributed by atoms with E-state index in [1.165, 1.54) is 30.5 Å². The molecule has 8 nitrogen and oxygen atoms in total. The first kappa shape index (κ1) is 17.9. The van der Waals surface area contributed by atoms with Gasteiger partial charge < -0.3 is 15.1 Å². The maximum absolute atomic E-state index is 12.5. The van der Waals surface area contributed by atoms with Crippen LogP contribution < -0.4 is 10.6 Å². The number of benzene rings is 2. The molecule has 0 saturated carbocycles. The molecule has 2 N–H and O–H groups in total. The summed E-state index contributed by atoms with van der Waals surface area (Å²) >= 11 is 0. The molecule has 0 radical (unpaired) electrons. The average Bonchev–Trinajstić information content (AvgIpc) is 3.20. The fraction of sp³-hybridized carbons (Fsp3) is 0.0526. The highest BCUT2D eigenvalue weighted by Crippen LogP contribution is 2.21. The van der Waals surface area contributed by atoms with E-state index in [9.17, 15) is 19.7 Å². The minimum atomic E-state index is -0.673. The fourth-order valence-electron chi connectivity index (χ4n) is 2.48. The number of nitro groups is 1. The van der Waals surface area contributed by atoms with Crippen molar-refractivity contribution < 1.29 is 18.9 Å². The molecule has 0 fully saturated rings. The maximum Gasteiger partial charge on any atom is 0.282 e. The largest absolute Gasteiger partial charge is 0.467 e. The van der Waals surface area contributed by atoms with Gasteiger partial charge in [-0.15, -0.1) is 0 Å². The third kappa shape index (κ3) is 4.18. The lowest BCUT2D eigenvalue weighted by Gasteiger charge is -2.11. The summed E-state index contributed by atoms with van der Waals surface area (Å²) in [6.07, 6.45) is 1.50. The third-order valence-corrected chi connectivity index (χ3v) is 3.77. The molecule has 1 aromatic heterocycles. The summed E-state index contributed by atoms with van der Waals surface area (Å²) in [4.78, 5) is 35.4. The Kier molecular flexibility index (Phi) is 5.27. The Morgan fingerprint density at radius 1 is 0.926 bits per heavy atom. The number of furan rings is 1. The highest BCUT2D eigenvalue weighted by molar-refractivity contribution is 6.10. The third-order valence-electron chi connectivity index (χ3n) is 3.77. The summed E-state index contributed by atoms with van der Waals surface area (Å²) in [6, 6.07) is 15.4. The zero-order chi connectivity index (χ0) is 19.2. The van der Waals surface area contributed by atoms with Crippen molar-refractivity contribution in [2.75, 3.05) is 5.32 Å². The molecule has 2 aromatic carbocycles. The summed E-state index contributed by atoms with van der Waals surface area (Å²) in [6.45, 7) is 0.193. The van der Waals surface area contributed by atoms with E-state index in [1.807, 2.05) is 0 Å². The van der Waals surface area contributed by atoms with Crippen molar-refractivity contribution in [3.8, 4) is 0 Å². The minimum Gasteiger partial charge on any atom is -0.467 e. The quantitative estimate of drug-likeness (QED) is 0.513. The number of nitrogens with zero attached hydrogens (tertiary/aromatic N) is 1. The second kappa shape index (κ2) is 7.96. The normalized spacial score (nSPS) is 10.2. The smallest absolute Gasteiger partial charge is 0.282 e. The maximum atomic E-state index is 12.5. The standard InChI is InChI=1S/C19H15N3O5/c23-18(20-12-13-6-5-11-27-13)14-7-1-3-9-16(14)21-19(24)15-8-2-4-10-17(15)22(25)26/h1-11H,12H2,(H,20,23)(H,21,24). The lowest BCUT2D eigenvalue weighted by Crippen LogP contribution is -2.24. The zero-order valence-corrected chi connectivity index (χ0v) is 14.0. The van der Waals surface area contributed by atoms with Crippen molar-refractivity contribution >= 4 is 23.2 Å². The van der Waals surface area contributed by atoms with Gasteiger partial charge in [-0.25, -0.2) is 0 Å². The summed E-state index contributed by atoms with van der Waals surface area (Å²) < 4.78 is 5.16. The van der Waals surface area contributed by atoms with Crippen LogP contribution in [0, 0.1) is 10.1 Å². The van der Waals surface area contributed by atoms with E-state index in [0.717, 1.165) is 0 Å². The molecule has 0 aliphatic heterocycles. The Labute approximate surface area is 154 Å². The van der Waals surface area contributed by atoms with Crippen molar-refractivity contribution in [2.45, 2.75) is 6.54 Å². The van der Waals surface area contributed by atoms with Crippen LogP contribution in [-0.4, -0.2) is 16.7 Å². The monoisotopic (exact) mass is 365 g/mol. The molecule has 0 bridgehead atoms. The molecule has 136 valence electrons. The Bertz CT molecular complexity index is 983. The molecule has 0 atom stereocenters. The molecule has 2 amide bonds. The molecule has 1 heterocycles. The second-order valence-corrected chi connectivity index (χ2v) is 5.54. The molecule has 8 heteroatoms. The van der Waals surface area contributed by atoms with Crippen molar-refractivity contribution in [1.29, 1.82) is 0 Å². The fourth-order valence-corrected chi connectivity index (χ4v) is 2.48. The van der Waals surface area contributed by atoms with Crippen LogP contribution >= 0.6 is 0 Å². The van der Waals surface area contributed by atoms with E-state index in [4.69, 9.17) is 4.42 Å². The molecule has 0 aliphatic carbocycles. The number of hydrogen-bond acceptors (Lipinski definition) is 5. The predicted molar refractivity (Wildman–Crippen MR) is 97.4 cm³/mol.